The third-order valence-electron chi connectivity index (χ3n) is 7.63. The highest BCUT2D eigenvalue weighted by Crippen LogP contribution is 2.30. The largest absolute Gasteiger partial charge is 0.392 e. The Hall–Kier alpha value is -4.99. The van der Waals surface area contributed by atoms with Crippen LogP contribution in [-0.2, 0) is 19.1 Å². The van der Waals surface area contributed by atoms with Gasteiger partial charge in [0.25, 0.3) is 5.56 Å². The Morgan fingerprint density at radius 3 is 2.62 bits per heavy atom. The lowest BCUT2D eigenvalue weighted by Crippen LogP contribution is -2.26. The van der Waals surface area contributed by atoms with Crippen molar-refractivity contribution in [3.63, 3.8) is 0 Å². The summed E-state index contributed by atoms with van der Waals surface area (Å²) >= 11 is 0. The first-order chi connectivity index (χ1) is 22.3. The Kier molecular flexibility index (Phi) is 12.4. The molecule has 0 saturated heterocycles. The van der Waals surface area contributed by atoms with Gasteiger partial charge in [-0.25, -0.2) is 14.1 Å². The zero-order valence-electron chi connectivity index (χ0n) is 28.3. The van der Waals surface area contributed by atoms with Crippen LogP contribution in [0.2, 0.25) is 0 Å². The molecule has 11 nitrogen and oxygen atoms in total. The van der Waals surface area contributed by atoms with Gasteiger partial charge in [0.2, 0.25) is 0 Å². The van der Waals surface area contributed by atoms with Crippen molar-refractivity contribution in [1.82, 2.24) is 19.7 Å². The summed E-state index contributed by atoms with van der Waals surface area (Å²) in [5.74, 6) is 0.159. The molecule has 0 radical (unpaired) electrons. The standard InChI is InChI=1S/C35H43FN8O3/c1-9-13-42(6)19-23(2)15-32(38-5)40-31-18-30(41-44(8)34(31)47)26-10-12-39-33(28(26)21-46)43(7)14-11-24-16-25(35(3,4)22-37)17-29(36)27(24)20-45/h10-12,14-18,20,46H,9,13,19,21H2,1-8H3,(H,38,40)/b14-11-,23-15+. The molecule has 1 aromatic carbocycles. The van der Waals surface area contributed by atoms with Crippen LogP contribution < -0.4 is 15.8 Å². The highest BCUT2D eigenvalue weighted by molar-refractivity contribution is 6.04. The number of carbonyl (C=O) groups is 1. The number of rotatable bonds is 13. The molecule has 0 spiro atoms. The van der Waals surface area contributed by atoms with Crippen molar-refractivity contribution >= 4 is 29.7 Å². The molecule has 0 atom stereocenters. The maximum Gasteiger partial charge on any atom is 0.290 e. The average Bonchev–Trinajstić information content (AvgIpc) is 3.04. The summed E-state index contributed by atoms with van der Waals surface area (Å²) in [7, 11) is 6.93. The minimum Gasteiger partial charge on any atom is -0.392 e. The van der Waals surface area contributed by atoms with Gasteiger partial charge in [0.05, 0.1) is 29.3 Å². The van der Waals surface area contributed by atoms with Crippen molar-refractivity contribution in [3.8, 4) is 17.3 Å². The second-order valence-corrected chi connectivity index (χ2v) is 11.9. The number of aliphatic imine (C=N–C) groups is 1. The van der Waals surface area contributed by atoms with E-state index in [9.17, 15) is 24.3 Å². The summed E-state index contributed by atoms with van der Waals surface area (Å²) in [6.45, 7) is 8.78. The molecule has 0 aliphatic heterocycles. The fourth-order valence-electron chi connectivity index (χ4n) is 5.06. The molecule has 2 heterocycles. The number of aromatic nitrogens is 3. The van der Waals surface area contributed by atoms with Crippen molar-refractivity contribution in [2.45, 2.75) is 46.1 Å². The lowest BCUT2D eigenvalue weighted by molar-refractivity contribution is 0.111. The van der Waals surface area contributed by atoms with E-state index in [-0.39, 0.29) is 22.4 Å². The van der Waals surface area contributed by atoms with Crippen LogP contribution in [0, 0.1) is 17.1 Å². The quantitative estimate of drug-likeness (QED) is 0.151. The van der Waals surface area contributed by atoms with E-state index in [0.29, 0.717) is 40.3 Å². The molecule has 0 saturated carbocycles. The molecule has 248 valence electrons. The third kappa shape index (κ3) is 8.84. The lowest BCUT2D eigenvalue weighted by Gasteiger charge is -2.20. The van der Waals surface area contributed by atoms with Crippen LogP contribution in [0.4, 0.5) is 15.9 Å². The number of carbonyl (C=O) groups excluding carboxylic acids is 1. The van der Waals surface area contributed by atoms with E-state index in [2.05, 4.69) is 38.3 Å². The monoisotopic (exact) mass is 642 g/mol. The van der Waals surface area contributed by atoms with Gasteiger partial charge in [-0.05, 0) is 88.3 Å². The number of aliphatic hydroxyl groups excluding tert-OH is 1. The number of likely N-dealkylation sites (N-methyl/N-ethyl adjacent to an activating group) is 1. The number of benzene rings is 1. The SMILES string of the molecule is CCCN(C)C/C(C)=C/C(=NC)Nc1cc(-c2ccnc(N(C)/C=C\c3cc(C(C)(C)C#N)cc(F)c3C=O)c2CO)nn(C)c1=O. The Morgan fingerprint density at radius 2 is 2.00 bits per heavy atom. The minimum atomic E-state index is -0.975. The number of nitrogens with one attached hydrogen (secondary N) is 1. The normalized spacial score (nSPS) is 12.5. The van der Waals surface area contributed by atoms with Gasteiger partial charge >= 0.3 is 0 Å². The number of aryl methyl sites for hydroxylation is 1. The fraction of sp³-hybridized carbons (Fsp3) is 0.371. The van der Waals surface area contributed by atoms with Gasteiger partial charge in [0.15, 0.2) is 6.29 Å². The Morgan fingerprint density at radius 1 is 1.28 bits per heavy atom. The minimum absolute atomic E-state index is 0.140. The molecule has 2 N–H and O–H groups in total. The zero-order chi connectivity index (χ0) is 34.9. The third-order valence-corrected chi connectivity index (χ3v) is 7.63. The van der Waals surface area contributed by atoms with Crippen molar-refractivity contribution in [1.29, 1.82) is 5.26 Å². The van der Waals surface area contributed by atoms with Gasteiger partial charge in [-0.2, -0.15) is 10.4 Å². The molecule has 0 aliphatic rings. The second-order valence-electron chi connectivity index (χ2n) is 11.9. The first-order valence-electron chi connectivity index (χ1n) is 15.2. The second kappa shape index (κ2) is 16.0. The molecule has 0 aliphatic carbocycles. The highest BCUT2D eigenvalue weighted by Gasteiger charge is 2.23. The van der Waals surface area contributed by atoms with Crippen LogP contribution in [0.25, 0.3) is 17.3 Å². The Balaban J connectivity index is 2.02. The number of halogens is 1. The molecule has 3 rings (SSSR count). The van der Waals surface area contributed by atoms with Gasteiger partial charge in [-0.1, -0.05) is 12.5 Å². The molecule has 3 aromatic rings. The van der Waals surface area contributed by atoms with E-state index >= 15 is 0 Å². The fourth-order valence-corrected chi connectivity index (χ4v) is 5.06. The number of aldehydes is 1. The van der Waals surface area contributed by atoms with Gasteiger partial charge in [-0.3, -0.25) is 14.6 Å². The molecule has 0 bridgehead atoms. The van der Waals surface area contributed by atoms with Crippen LogP contribution in [0.1, 0.15) is 61.2 Å². The molecule has 0 amide bonds. The summed E-state index contributed by atoms with van der Waals surface area (Å²) in [4.78, 5) is 37.4. The van der Waals surface area contributed by atoms with Crippen LogP contribution in [0.15, 0.2) is 58.1 Å². The van der Waals surface area contributed by atoms with Gasteiger partial charge < -0.3 is 20.2 Å². The number of nitrogens with zero attached hydrogens (tertiary/aromatic N) is 7. The first-order valence-corrected chi connectivity index (χ1v) is 15.2. The summed E-state index contributed by atoms with van der Waals surface area (Å²) in [6.07, 6.45) is 8.07. The van der Waals surface area contributed by atoms with Crippen LogP contribution in [0.3, 0.4) is 0 Å². The lowest BCUT2D eigenvalue weighted by atomic mass is 9.84. The Labute approximate surface area is 275 Å². The zero-order valence-corrected chi connectivity index (χ0v) is 28.3. The summed E-state index contributed by atoms with van der Waals surface area (Å²) in [6, 6.07) is 8.26. The summed E-state index contributed by atoms with van der Waals surface area (Å²) < 4.78 is 16.1. The maximum absolute atomic E-state index is 14.8. The van der Waals surface area contributed by atoms with Crippen molar-refractivity contribution in [3.05, 3.63) is 86.7 Å². The van der Waals surface area contributed by atoms with Gasteiger partial charge in [-0.15, -0.1) is 0 Å². The number of nitriles is 1. The molecule has 0 fully saturated rings. The van der Waals surface area contributed by atoms with Crippen LogP contribution in [0.5, 0.6) is 0 Å². The number of amidine groups is 1. The van der Waals surface area contributed by atoms with Crippen molar-refractivity contribution < 1.29 is 14.3 Å². The van der Waals surface area contributed by atoms with Crippen molar-refractivity contribution in [2.75, 3.05) is 44.4 Å². The van der Waals surface area contributed by atoms with E-state index in [0.717, 1.165) is 25.1 Å². The van der Waals surface area contributed by atoms with Gasteiger partial charge in [0.1, 0.15) is 23.2 Å². The number of pyridine rings is 1. The van der Waals surface area contributed by atoms with Gasteiger partial charge in [0, 0.05) is 51.2 Å². The molecular weight excluding hydrogens is 599 g/mol. The topological polar surface area (TPSA) is 140 Å². The summed E-state index contributed by atoms with van der Waals surface area (Å²) in [5, 5.41) is 27.6. The summed E-state index contributed by atoms with van der Waals surface area (Å²) in [5.41, 5.74) is 1.95. The molecule has 2 aromatic heterocycles. The molecule has 12 heteroatoms. The number of anilines is 2. The van der Waals surface area contributed by atoms with E-state index in [1.165, 1.54) is 10.7 Å². The first kappa shape index (κ1) is 36.5. The Bertz CT molecular complexity index is 1800. The molecule has 47 heavy (non-hydrogen) atoms. The predicted octanol–water partition coefficient (Wildman–Crippen LogP) is 4.92. The van der Waals surface area contributed by atoms with E-state index in [1.54, 1.807) is 76.6 Å². The van der Waals surface area contributed by atoms with Crippen molar-refractivity contribution in [2.24, 2.45) is 12.0 Å². The average molecular weight is 643 g/mol. The maximum atomic E-state index is 14.8. The van der Waals surface area contributed by atoms with Crippen LogP contribution in [-0.4, -0.2) is 71.1 Å². The smallest absolute Gasteiger partial charge is 0.290 e. The molecular formula is C35H43FN8O3. The number of aliphatic hydroxyl groups is 1. The number of hydrogen-bond acceptors (Lipinski definition) is 9. The van der Waals surface area contributed by atoms with Crippen LogP contribution >= 0.6 is 0 Å². The van der Waals surface area contributed by atoms with E-state index < -0.39 is 17.8 Å². The van der Waals surface area contributed by atoms with E-state index in [4.69, 9.17) is 0 Å². The predicted molar refractivity (Wildman–Crippen MR) is 185 cm³/mol. The molecule has 0 unspecified atom stereocenters. The number of hydrogen-bond donors (Lipinski definition) is 2. The highest BCUT2D eigenvalue weighted by atomic mass is 19.1. The van der Waals surface area contributed by atoms with E-state index in [1.807, 2.05) is 20.0 Å².